The van der Waals surface area contributed by atoms with Gasteiger partial charge in [0.05, 0.1) is 31.0 Å². The summed E-state index contributed by atoms with van der Waals surface area (Å²) in [5, 5.41) is 2.49. The summed E-state index contributed by atoms with van der Waals surface area (Å²) < 4.78 is 24.8. The molecule has 33 heavy (non-hydrogen) atoms. The Morgan fingerprint density at radius 1 is 0.879 bits per heavy atom. The maximum absolute atomic E-state index is 6.28. The molecule has 4 rings (SSSR count). The van der Waals surface area contributed by atoms with Crippen LogP contribution in [0, 0.1) is 0 Å². The largest absolute Gasteiger partial charge is 0.490 e. The fraction of sp³-hybridized carbons (Fsp3) is 0.500. The molecule has 2 aromatic carbocycles. The van der Waals surface area contributed by atoms with Gasteiger partial charge in [0.15, 0.2) is 5.79 Å². The maximum Gasteiger partial charge on any atom is 0.173 e. The molecule has 2 aliphatic heterocycles. The average molecular weight is 469 g/mol. The fourth-order valence-corrected chi connectivity index (χ4v) is 8.49. The lowest BCUT2D eigenvalue weighted by molar-refractivity contribution is -0.165. The summed E-state index contributed by atoms with van der Waals surface area (Å²) >= 11 is 0. The van der Waals surface area contributed by atoms with E-state index in [2.05, 4.69) is 72.4 Å². The van der Waals surface area contributed by atoms with Gasteiger partial charge in [-0.15, -0.1) is 0 Å². The van der Waals surface area contributed by atoms with Crippen molar-refractivity contribution in [1.29, 1.82) is 0 Å². The molecule has 1 spiro atoms. The Bertz CT molecular complexity index is 976. The molecule has 2 saturated heterocycles. The Balaban J connectivity index is 1.84. The van der Waals surface area contributed by atoms with Crippen molar-refractivity contribution in [2.75, 3.05) is 13.2 Å². The standard InChI is InChI=1S/C28H37O4P/c1-19(2)31-23-12-10-13-24(32-20(3)4)26(23)22-11-8-9-14-25(22)33-21(5)17-28(18-27(33,6)7)29-15-16-30-28/h8-14,19-20H,5,15-18H2,1-4,6-7H3. The van der Waals surface area contributed by atoms with Gasteiger partial charge in [-0.2, -0.15) is 0 Å². The van der Waals surface area contributed by atoms with Crippen molar-refractivity contribution in [3.63, 3.8) is 0 Å². The fourth-order valence-electron chi connectivity index (χ4n) is 5.18. The zero-order valence-electron chi connectivity index (χ0n) is 20.8. The van der Waals surface area contributed by atoms with Crippen LogP contribution >= 0.6 is 7.92 Å². The second kappa shape index (κ2) is 9.41. The van der Waals surface area contributed by atoms with Crippen LogP contribution in [-0.4, -0.2) is 36.4 Å². The van der Waals surface area contributed by atoms with E-state index < -0.39 is 13.7 Å². The third-order valence-corrected chi connectivity index (χ3v) is 9.07. The first kappa shape index (κ1) is 24.3. The van der Waals surface area contributed by atoms with Crippen molar-refractivity contribution in [3.8, 4) is 22.6 Å². The topological polar surface area (TPSA) is 36.9 Å². The SMILES string of the molecule is C=C1CC2(CC(C)(C)P1c1ccccc1-c1c(OC(C)C)cccc1OC(C)C)OCCO2. The molecule has 0 aromatic heterocycles. The minimum absolute atomic E-state index is 0.0297. The highest BCUT2D eigenvalue weighted by molar-refractivity contribution is 7.71. The molecule has 1 atom stereocenters. The van der Waals surface area contributed by atoms with Crippen LogP contribution in [0.1, 0.15) is 54.4 Å². The van der Waals surface area contributed by atoms with E-state index in [1.54, 1.807) is 0 Å². The predicted octanol–water partition coefficient (Wildman–Crippen LogP) is 6.86. The highest BCUT2D eigenvalue weighted by Crippen LogP contribution is 2.65. The summed E-state index contributed by atoms with van der Waals surface area (Å²) in [7, 11) is -0.689. The van der Waals surface area contributed by atoms with Crippen molar-refractivity contribution >= 4 is 13.2 Å². The quantitative estimate of drug-likeness (QED) is 0.434. The molecule has 5 heteroatoms. The molecule has 178 valence electrons. The molecular weight excluding hydrogens is 431 g/mol. The van der Waals surface area contributed by atoms with Crippen molar-refractivity contribution < 1.29 is 18.9 Å². The van der Waals surface area contributed by atoms with E-state index in [4.69, 9.17) is 18.9 Å². The van der Waals surface area contributed by atoms with E-state index in [-0.39, 0.29) is 17.4 Å². The van der Waals surface area contributed by atoms with Gasteiger partial charge < -0.3 is 18.9 Å². The van der Waals surface area contributed by atoms with Crippen LogP contribution in [0.5, 0.6) is 11.5 Å². The summed E-state index contributed by atoms with van der Waals surface area (Å²) in [4.78, 5) is 0. The second-order valence-corrected chi connectivity index (χ2v) is 13.2. The first-order valence-corrected chi connectivity index (χ1v) is 13.3. The monoisotopic (exact) mass is 468 g/mol. The van der Waals surface area contributed by atoms with E-state index in [0.29, 0.717) is 13.2 Å². The molecule has 2 aromatic rings. The lowest BCUT2D eigenvalue weighted by Gasteiger charge is -2.48. The molecule has 0 saturated carbocycles. The highest BCUT2D eigenvalue weighted by atomic mass is 31.1. The van der Waals surface area contributed by atoms with E-state index in [1.807, 2.05) is 18.2 Å². The number of ether oxygens (including phenoxy) is 4. The van der Waals surface area contributed by atoms with Crippen LogP contribution in [0.15, 0.2) is 54.4 Å². The lowest BCUT2D eigenvalue weighted by Crippen LogP contribution is -2.44. The summed E-state index contributed by atoms with van der Waals surface area (Å²) in [6.45, 7) is 18.8. The molecule has 2 fully saturated rings. The average Bonchev–Trinajstić information content (AvgIpc) is 3.13. The molecule has 0 bridgehead atoms. The molecule has 0 N–H and O–H groups in total. The van der Waals surface area contributed by atoms with Crippen molar-refractivity contribution in [3.05, 3.63) is 54.4 Å². The van der Waals surface area contributed by atoms with Crippen LogP contribution in [0.2, 0.25) is 0 Å². The summed E-state index contributed by atoms with van der Waals surface area (Å²) in [6.07, 6.45) is 1.73. The van der Waals surface area contributed by atoms with Crippen LogP contribution in [0.25, 0.3) is 11.1 Å². The summed E-state index contributed by atoms with van der Waals surface area (Å²) in [5.41, 5.74) is 2.18. The highest BCUT2D eigenvalue weighted by Gasteiger charge is 2.51. The Morgan fingerprint density at radius 2 is 1.45 bits per heavy atom. The number of hydrogen-bond acceptors (Lipinski definition) is 4. The van der Waals surface area contributed by atoms with Crippen LogP contribution in [0.4, 0.5) is 0 Å². The normalized spacial score (nSPS) is 21.7. The Morgan fingerprint density at radius 3 is 2.00 bits per heavy atom. The van der Waals surface area contributed by atoms with Gasteiger partial charge in [-0.1, -0.05) is 50.8 Å². The molecule has 0 amide bonds. The van der Waals surface area contributed by atoms with Crippen molar-refractivity contribution in [2.24, 2.45) is 0 Å². The molecule has 4 nitrogen and oxygen atoms in total. The lowest BCUT2D eigenvalue weighted by atomic mass is 9.97. The van der Waals surface area contributed by atoms with Gasteiger partial charge in [0.2, 0.25) is 0 Å². The van der Waals surface area contributed by atoms with E-state index in [9.17, 15) is 0 Å². The Labute approximate surface area is 200 Å². The van der Waals surface area contributed by atoms with Crippen LogP contribution in [0.3, 0.4) is 0 Å². The predicted molar refractivity (Wildman–Crippen MR) is 137 cm³/mol. The Kier molecular flexibility index (Phi) is 6.92. The summed E-state index contributed by atoms with van der Waals surface area (Å²) in [5.74, 6) is 1.19. The van der Waals surface area contributed by atoms with Crippen LogP contribution in [-0.2, 0) is 9.47 Å². The van der Waals surface area contributed by atoms with Gasteiger partial charge in [-0.3, -0.25) is 0 Å². The van der Waals surface area contributed by atoms with Gasteiger partial charge in [-0.05, 0) is 69.1 Å². The van der Waals surface area contributed by atoms with E-state index in [1.165, 1.54) is 10.6 Å². The zero-order valence-corrected chi connectivity index (χ0v) is 21.7. The van der Waals surface area contributed by atoms with Gasteiger partial charge >= 0.3 is 0 Å². The van der Waals surface area contributed by atoms with Crippen molar-refractivity contribution in [2.45, 2.75) is 77.5 Å². The second-order valence-electron chi connectivity index (χ2n) is 10.2. The van der Waals surface area contributed by atoms with Gasteiger partial charge in [0.25, 0.3) is 0 Å². The smallest absolute Gasteiger partial charge is 0.173 e. The maximum atomic E-state index is 6.28. The Hall–Kier alpha value is -1.87. The summed E-state index contributed by atoms with van der Waals surface area (Å²) in [6, 6.07) is 14.8. The number of benzene rings is 2. The molecular formula is C28H37O4P. The minimum Gasteiger partial charge on any atom is -0.490 e. The van der Waals surface area contributed by atoms with Crippen LogP contribution < -0.4 is 14.8 Å². The van der Waals surface area contributed by atoms with Gasteiger partial charge in [-0.25, -0.2) is 0 Å². The van der Waals surface area contributed by atoms with Gasteiger partial charge in [0.1, 0.15) is 11.5 Å². The first-order chi connectivity index (χ1) is 15.6. The van der Waals surface area contributed by atoms with Crippen molar-refractivity contribution in [1.82, 2.24) is 0 Å². The molecule has 0 aliphatic carbocycles. The zero-order chi connectivity index (χ0) is 23.8. The third-order valence-electron chi connectivity index (χ3n) is 6.04. The number of hydrogen-bond donors (Lipinski definition) is 0. The first-order valence-electron chi connectivity index (χ1n) is 11.9. The molecule has 0 radical (unpaired) electrons. The van der Waals surface area contributed by atoms with E-state index >= 15 is 0 Å². The van der Waals surface area contributed by atoms with Gasteiger partial charge in [0, 0.05) is 12.8 Å². The third kappa shape index (κ3) is 4.99. The molecule has 2 aliphatic rings. The minimum atomic E-state index is -0.689. The molecule has 2 heterocycles. The number of rotatable bonds is 6. The van der Waals surface area contributed by atoms with E-state index in [0.717, 1.165) is 35.5 Å². The molecule has 1 unspecified atom stereocenters.